The highest BCUT2D eigenvalue weighted by Gasteiger charge is 2.42. The third-order valence-electron chi connectivity index (χ3n) is 5.37. The van der Waals surface area contributed by atoms with Gasteiger partial charge in [-0.15, -0.1) is 10.2 Å². The van der Waals surface area contributed by atoms with Gasteiger partial charge in [-0.3, -0.25) is 4.79 Å². The van der Waals surface area contributed by atoms with Crippen molar-refractivity contribution in [2.24, 2.45) is 11.8 Å². The highest BCUT2D eigenvalue weighted by molar-refractivity contribution is 7.89. The molecular weight excluding hydrogens is 385 g/mol. The average molecular weight is 407 g/mol. The van der Waals surface area contributed by atoms with E-state index in [1.54, 1.807) is 14.9 Å². The molecule has 0 bridgehead atoms. The number of rotatable bonds is 5. The molecule has 0 spiro atoms. The van der Waals surface area contributed by atoms with Crippen molar-refractivity contribution in [1.82, 2.24) is 19.1 Å². The van der Waals surface area contributed by atoms with Crippen LogP contribution in [0.2, 0.25) is 0 Å². The van der Waals surface area contributed by atoms with Gasteiger partial charge in [0.05, 0.1) is 5.75 Å². The second kappa shape index (κ2) is 7.25. The van der Waals surface area contributed by atoms with E-state index in [9.17, 15) is 17.6 Å². The summed E-state index contributed by atoms with van der Waals surface area (Å²) in [6.07, 6.45) is 1.17. The van der Waals surface area contributed by atoms with E-state index < -0.39 is 21.7 Å². The van der Waals surface area contributed by atoms with Crippen LogP contribution in [0.1, 0.15) is 29.8 Å². The fourth-order valence-corrected chi connectivity index (χ4v) is 5.63. The van der Waals surface area contributed by atoms with Gasteiger partial charge in [0.15, 0.2) is 0 Å². The molecule has 150 valence electrons. The molecule has 3 heterocycles. The molecule has 0 aliphatic carbocycles. The summed E-state index contributed by atoms with van der Waals surface area (Å²) in [4.78, 5) is 12.6. The summed E-state index contributed by atoms with van der Waals surface area (Å²) in [6.45, 7) is 3.29. The summed E-state index contributed by atoms with van der Waals surface area (Å²) >= 11 is 0. The number of nitrogens with zero attached hydrogens (tertiary/aromatic N) is 4. The third kappa shape index (κ3) is 3.53. The van der Waals surface area contributed by atoms with Crippen LogP contribution in [0.4, 0.5) is 10.1 Å². The molecule has 2 atom stereocenters. The van der Waals surface area contributed by atoms with Crippen LogP contribution in [-0.2, 0) is 23.0 Å². The van der Waals surface area contributed by atoms with Gasteiger partial charge in [-0.05, 0) is 36.5 Å². The Labute approximate surface area is 162 Å². The van der Waals surface area contributed by atoms with E-state index >= 15 is 0 Å². The molecule has 0 saturated carbocycles. The molecule has 28 heavy (non-hydrogen) atoms. The monoisotopic (exact) mass is 407 g/mol. The van der Waals surface area contributed by atoms with Crippen LogP contribution in [0.5, 0.6) is 0 Å². The Hall–Kier alpha value is -2.33. The first-order valence-electron chi connectivity index (χ1n) is 9.34. The summed E-state index contributed by atoms with van der Waals surface area (Å²) in [5, 5.41) is 10.8. The molecule has 10 heteroatoms. The zero-order valence-corrected chi connectivity index (χ0v) is 16.3. The minimum atomic E-state index is -3.24. The number of halogens is 1. The van der Waals surface area contributed by atoms with Crippen molar-refractivity contribution in [1.29, 1.82) is 0 Å². The van der Waals surface area contributed by atoms with Gasteiger partial charge < -0.3 is 9.88 Å². The molecule has 1 N–H and O–H groups in total. The Morgan fingerprint density at radius 1 is 1.25 bits per heavy atom. The fraction of sp³-hybridized carbons (Fsp3) is 0.500. The number of carbonyl (C=O) groups is 1. The van der Waals surface area contributed by atoms with Crippen molar-refractivity contribution in [3.63, 3.8) is 0 Å². The Morgan fingerprint density at radius 3 is 2.79 bits per heavy atom. The number of amides is 1. The largest absolute Gasteiger partial charge is 0.319 e. The van der Waals surface area contributed by atoms with E-state index in [0.29, 0.717) is 44.0 Å². The number of hydrogen-bond acceptors (Lipinski definition) is 5. The van der Waals surface area contributed by atoms with Crippen LogP contribution >= 0.6 is 0 Å². The lowest BCUT2D eigenvalue weighted by Crippen LogP contribution is -2.31. The molecule has 0 radical (unpaired) electrons. The molecule has 4 rings (SSSR count). The van der Waals surface area contributed by atoms with Gasteiger partial charge >= 0.3 is 0 Å². The normalized spacial score (nSPS) is 21.9. The van der Waals surface area contributed by atoms with Crippen molar-refractivity contribution in [3.05, 3.63) is 41.7 Å². The minimum Gasteiger partial charge on any atom is -0.319 e. The third-order valence-corrected chi connectivity index (χ3v) is 7.38. The molecule has 1 aromatic heterocycles. The topological polar surface area (TPSA) is 97.2 Å². The summed E-state index contributed by atoms with van der Waals surface area (Å²) < 4.78 is 41.4. The molecule has 8 nitrogen and oxygen atoms in total. The number of benzene rings is 1. The highest BCUT2D eigenvalue weighted by Crippen LogP contribution is 2.34. The quantitative estimate of drug-likeness (QED) is 0.810. The minimum absolute atomic E-state index is 0.121. The smallest absolute Gasteiger partial charge is 0.293 e. The Bertz CT molecular complexity index is 1010. The van der Waals surface area contributed by atoms with Crippen molar-refractivity contribution in [2.75, 3.05) is 24.2 Å². The van der Waals surface area contributed by atoms with Gasteiger partial charge in [0.2, 0.25) is 15.8 Å². The highest BCUT2D eigenvalue weighted by atomic mass is 32.2. The van der Waals surface area contributed by atoms with Crippen LogP contribution in [-0.4, -0.2) is 52.2 Å². The predicted molar refractivity (Wildman–Crippen MR) is 101 cm³/mol. The van der Waals surface area contributed by atoms with E-state index in [-0.39, 0.29) is 23.4 Å². The summed E-state index contributed by atoms with van der Waals surface area (Å²) in [5.74, 6) is 0.394. The Kier molecular flexibility index (Phi) is 4.92. The number of sulfonamides is 1. The van der Waals surface area contributed by atoms with E-state index in [0.717, 1.165) is 0 Å². The van der Waals surface area contributed by atoms with Crippen LogP contribution in [0.25, 0.3) is 0 Å². The van der Waals surface area contributed by atoms with Crippen molar-refractivity contribution in [2.45, 2.75) is 26.3 Å². The second-order valence-corrected chi connectivity index (χ2v) is 9.46. The summed E-state index contributed by atoms with van der Waals surface area (Å²) in [7, 11) is -3.24. The SMILES string of the molecule is CCCS(=O)(=O)N1CC2Cc3nnc(C(=O)Nc4cccc(F)c4)n3CC2C1. The molecule has 2 aliphatic rings. The molecule has 2 aliphatic heterocycles. The number of anilines is 1. The van der Waals surface area contributed by atoms with E-state index in [4.69, 9.17) is 0 Å². The molecule has 1 saturated heterocycles. The van der Waals surface area contributed by atoms with Gasteiger partial charge in [0.1, 0.15) is 11.6 Å². The van der Waals surface area contributed by atoms with Crippen molar-refractivity contribution in [3.8, 4) is 0 Å². The average Bonchev–Trinajstić information content (AvgIpc) is 3.23. The zero-order chi connectivity index (χ0) is 19.9. The molecule has 2 aromatic rings. The number of fused-ring (bicyclic) bond motifs is 2. The molecular formula is C18H22FN5O3S. The fourth-order valence-electron chi connectivity index (χ4n) is 4.02. The molecule has 1 aromatic carbocycles. The second-order valence-electron chi connectivity index (χ2n) is 7.37. The van der Waals surface area contributed by atoms with Crippen LogP contribution < -0.4 is 5.32 Å². The first-order valence-corrected chi connectivity index (χ1v) is 10.9. The molecule has 1 fully saturated rings. The number of nitrogens with one attached hydrogen (secondary N) is 1. The first-order chi connectivity index (χ1) is 13.4. The Balaban J connectivity index is 1.50. The molecule has 1 amide bonds. The van der Waals surface area contributed by atoms with Crippen LogP contribution in [0.15, 0.2) is 24.3 Å². The lowest BCUT2D eigenvalue weighted by Gasteiger charge is -2.25. The lowest BCUT2D eigenvalue weighted by molar-refractivity contribution is 0.100. The van der Waals surface area contributed by atoms with Crippen LogP contribution in [0.3, 0.4) is 0 Å². The number of hydrogen-bond donors (Lipinski definition) is 1. The standard InChI is InChI=1S/C18H22FN5O3S/c1-2-6-28(26,27)23-9-12-7-16-21-22-17(24(16)11-13(12)10-23)18(25)20-15-5-3-4-14(19)8-15/h3-5,8,12-13H,2,6-7,9-11H2,1H3,(H,20,25). The summed E-state index contributed by atoms with van der Waals surface area (Å²) in [6, 6.07) is 5.64. The Morgan fingerprint density at radius 2 is 2.04 bits per heavy atom. The first kappa shape index (κ1) is 19.0. The lowest BCUT2D eigenvalue weighted by atomic mass is 9.89. The van der Waals surface area contributed by atoms with Crippen molar-refractivity contribution < 1.29 is 17.6 Å². The number of carbonyl (C=O) groups excluding carboxylic acids is 1. The zero-order valence-electron chi connectivity index (χ0n) is 15.5. The van der Waals surface area contributed by atoms with Gasteiger partial charge in [0.25, 0.3) is 5.91 Å². The maximum Gasteiger partial charge on any atom is 0.293 e. The maximum absolute atomic E-state index is 13.3. The van der Waals surface area contributed by atoms with E-state index in [1.165, 1.54) is 18.2 Å². The van der Waals surface area contributed by atoms with Gasteiger partial charge in [-0.1, -0.05) is 13.0 Å². The van der Waals surface area contributed by atoms with Gasteiger partial charge in [0, 0.05) is 31.7 Å². The molecule has 2 unspecified atom stereocenters. The van der Waals surface area contributed by atoms with Crippen molar-refractivity contribution >= 4 is 21.6 Å². The van der Waals surface area contributed by atoms with Crippen LogP contribution in [0, 0.1) is 17.7 Å². The van der Waals surface area contributed by atoms with Gasteiger partial charge in [-0.25, -0.2) is 17.1 Å². The number of aromatic nitrogens is 3. The van der Waals surface area contributed by atoms with E-state index in [1.807, 2.05) is 6.92 Å². The van der Waals surface area contributed by atoms with E-state index in [2.05, 4.69) is 15.5 Å². The maximum atomic E-state index is 13.3. The summed E-state index contributed by atoms with van der Waals surface area (Å²) in [5.41, 5.74) is 0.341. The van der Waals surface area contributed by atoms with Gasteiger partial charge in [-0.2, -0.15) is 0 Å². The predicted octanol–water partition coefficient (Wildman–Crippen LogP) is 1.51.